The molecule has 1 N–H and O–H groups in total. The fourth-order valence-electron chi connectivity index (χ4n) is 3.06. The van der Waals surface area contributed by atoms with E-state index in [4.69, 9.17) is 9.47 Å². The molecule has 0 saturated carbocycles. The fraction of sp³-hybridized carbons (Fsp3) is 0.524. The first-order valence-electron chi connectivity index (χ1n) is 9.59. The fourth-order valence-corrected chi connectivity index (χ4v) is 3.06. The van der Waals surface area contributed by atoms with Crippen LogP contribution in [0.3, 0.4) is 0 Å². The molecule has 1 unspecified atom stereocenters. The predicted molar refractivity (Wildman–Crippen MR) is 113 cm³/mol. The summed E-state index contributed by atoms with van der Waals surface area (Å²) in [6.07, 6.45) is 2.05. The molecule has 0 amide bonds. The number of nitrogens with one attached hydrogen (secondary N) is 1. The smallest absolute Gasteiger partial charge is 0.193 e. The lowest BCUT2D eigenvalue weighted by atomic mass is 10.1. The predicted octanol–water partition coefficient (Wildman–Crippen LogP) is 3.03. The second kappa shape index (κ2) is 10.0. The Hall–Kier alpha value is -2.70. The number of aryl methyl sites for hydroxylation is 1. The maximum absolute atomic E-state index is 5.97. The highest BCUT2D eigenvalue weighted by molar-refractivity contribution is 5.79. The zero-order chi connectivity index (χ0) is 20.7. The molecule has 28 heavy (non-hydrogen) atoms. The van der Waals surface area contributed by atoms with Crippen LogP contribution in [-0.4, -0.2) is 54.5 Å². The lowest BCUT2D eigenvalue weighted by molar-refractivity contribution is 0.221. The lowest BCUT2D eigenvalue weighted by Gasteiger charge is -2.24. The van der Waals surface area contributed by atoms with Gasteiger partial charge in [-0.05, 0) is 25.0 Å². The topological polar surface area (TPSA) is 63.9 Å². The Morgan fingerprint density at radius 1 is 1.29 bits per heavy atom. The maximum Gasteiger partial charge on any atom is 0.193 e. The Kier molecular flexibility index (Phi) is 7.72. The SMILES string of the molecule is CN=C(NCC(C)Oc1cccc(OC)c1)N(C)Cc1cn(C)nc1C(C)C. The van der Waals surface area contributed by atoms with Crippen molar-refractivity contribution in [1.29, 1.82) is 0 Å². The molecule has 0 aliphatic carbocycles. The van der Waals surface area contributed by atoms with E-state index in [9.17, 15) is 0 Å². The summed E-state index contributed by atoms with van der Waals surface area (Å²) in [4.78, 5) is 6.50. The Morgan fingerprint density at radius 3 is 2.64 bits per heavy atom. The summed E-state index contributed by atoms with van der Waals surface area (Å²) in [6.45, 7) is 7.73. The molecule has 0 radical (unpaired) electrons. The van der Waals surface area contributed by atoms with E-state index in [0.717, 1.165) is 29.7 Å². The molecule has 7 heteroatoms. The molecular formula is C21H33N5O2. The molecule has 1 heterocycles. The van der Waals surface area contributed by atoms with E-state index in [1.165, 1.54) is 5.56 Å². The highest BCUT2D eigenvalue weighted by atomic mass is 16.5. The van der Waals surface area contributed by atoms with Crippen molar-refractivity contribution in [2.45, 2.75) is 39.3 Å². The highest BCUT2D eigenvalue weighted by Crippen LogP contribution is 2.20. The summed E-state index contributed by atoms with van der Waals surface area (Å²) in [6, 6.07) is 7.63. The number of hydrogen-bond acceptors (Lipinski definition) is 4. The average molecular weight is 388 g/mol. The molecule has 2 rings (SSSR count). The van der Waals surface area contributed by atoms with Gasteiger partial charge in [-0.1, -0.05) is 19.9 Å². The average Bonchev–Trinajstić information content (AvgIpc) is 3.02. The minimum absolute atomic E-state index is 0.0260. The van der Waals surface area contributed by atoms with Crippen LogP contribution in [0.5, 0.6) is 11.5 Å². The van der Waals surface area contributed by atoms with Crippen molar-refractivity contribution in [1.82, 2.24) is 20.0 Å². The summed E-state index contributed by atoms with van der Waals surface area (Å²) in [5, 5.41) is 7.97. The quantitative estimate of drug-likeness (QED) is 0.557. The number of aliphatic imine (C=N–C) groups is 1. The largest absolute Gasteiger partial charge is 0.497 e. The number of guanidine groups is 1. The Bertz CT molecular complexity index is 785. The van der Waals surface area contributed by atoms with Gasteiger partial charge in [-0.3, -0.25) is 9.67 Å². The number of nitrogens with zero attached hydrogens (tertiary/aromatic N) is 4. The molecule has 154 valence electrons. The van der Waals surface area contributed by atoms with Gasteiger partial charge in [0.25, 0.3) is 0 Å². The lowest BCUT2D eigenvalue weighted by Crippen LogP contribution is -2.42. The van der Waals surface area contributed by atoms with Crippen molar-refractivity contribution < 1.29 is 9.47 Å². The minimum Gasteiger partial charge on any atom is -0.497 e. The van der Waals surface area contributed by atoms with Gasteiger partial charge in [0, 0.05) is 45.5 Å². The second-order valence-electron chi connectivity index (χ2n) is 7.26. The van der Waals surface area contributed by atoms with Gasteiger partial charge in [0.1, 0.15) is 17.6 Å². The Balaban J connectivity index is 1.92. The third-order valence-electron chi connectivity index (χ3n) is 4.39. The minimum atomic E-state index is -0.0260. The summed E-state index contributed by atoms with van der Waals surface area (Å²) < 4.78 is 13.1. The zero-order valence-electron chi connectivity index (χ0n) is 18.1. The number of ether oxygens (including phenoxy) is 2. The maximum atomic E-state index is 5.97. The van der Waals surface area contributed by atoms with Gasteiger partial charge < -0.3 is 19.7 Å². The number of methoxy groups -OCH3 is 1. The van der Waals surface area contributed by atoms with Gasteiger partial charge in [0.15, 0.2) is 5.96 Å². The molecular weight excluding hydrogens is 354 g/mol. The van der Waals surface area contributed by atoms with Crippen molar-refractivity contribution in [3.63, 3.8) is 0 Å². The molecule has 1 atom stereocenters. The summed E-state index contributed by atoms with van der Waals surface area (Å²) >= 11 is 0. The van der Waals surface area contributed by atoms with Crippen molar-refractivity contribution in [2.75, 3.05) is 27.7 Å². The number of rotatable bonds is 8. The summed E-state index contributed by atoms with van der Waals surface area (Å²) in [5.74, 6) is 2.77. The molecule has 0 saturated heterocycles. The van der Waals surface area contributed by atoms with Crippen LogP contribution in [0.2, 0.25) is 0 Å². The van der Waals surface area contributed by atoms with Crippen LogP contribution in [0.25, 0.3) is 0 Å². The van der Waals surface area contributed by atoms with E-state index >= 15 is 0 Å². The zero-order valence-corrected chi connectivity index (χ0v) is 18.1. The monoisotopic (exact) mass is 387 g/mol. The van der Waals surface area contributed by atoms with Crippen LogP contribution < -0.4 is 14.8 Å². The highest BCUT2D eigenvalue weighted by Gasteiger charge is 2.15. The Labute approximate surface area is 168 Å². The van der Waals surface area contributed by atoms with Gasteiger partial charge in [-0.2, -0.15) is 5.10 Å². The normalized spacial score (nSPS) is 12.8. The standard InChI is InChI=1S/C21H33N5O2/c1-15(2)20-17(14-26(6)24-20)13-25(5)21(22-4)23-12-16(3)28-19-10-8-9-18(11-19)27-7/h8-11,14-16H,12-13H2,1-7H3,(H,22,23). The number of aromatic nitrogens is 2. The van der Waals surface area contributed by atoms with Crippen molar-refractivity contribution in [2.24, 2.45) is 12.0 Å². The third-order valence-corrected chi connectivity index (χ3v) is 4.39. The number of hydrogen-bond donors (Lipinski definition) is 1. The van der Waals surface area contributed by atoms with Crippen LogP contribution in [-0.2, 0) is 13.6 Å². The first-order valence-corrected chi connectivity index (χ1v) is 9.59. The second-order valence-corrected chi connectivity index (χ2v) is 7.26. The van der Waals surface area contributed by atoms with E-state index in [1.807, 2.05) is 50.0 Å². The summed E-state index contributed by atoms with van der Waals surface area (Å²) in [7, 11) is 7.43. The van der Waals surface area contributed by atoms with Gasteiger partial charge in [-0.25, -0.2) is 0 Å². The van der Waals surface area contributed by atoms with Crippen molar-refractivity contribution in [3.05, 3.63) is 41.7 Å². The molecule has 0 spiro atoms. The van der Waals surface area contributed by atoms with E-state index in [-0.39, 0.29) is 6.10 Å². The first kappa shape index (κ1) is 21.6. The van der Waals surface area contributed by atoms with Gasteiger partial charge in [0.05, 0.1) is 19.3 Å². The van der Waals surface area contributed by atoms with E-state index < -0.39 is 0 Å². The molecule has 0 aliphatic heterocycles. The number of benzene rings is 1. The van der Waals surface area contributed by atoms with Crippen molar-refractivity contribution >= 4 is 5.96 Å². The molecule has 7 nitrogen and oxygen atoms in total. The first-order chi connectivity index (χ1) is 13.3. The van der Waals surface area contributed by atoms with E-state index in [1.54, 1.807) is 14.2 Å². The van der Waals surface area contributed by atoms with Crippen LogP contribution in [0.1, 0.15) is 37.9 Å². The Morgan fingerprint density at radius 2 is 2.00 bits per heavy atom. The van der Waals surface area contributed by atoms with E-state index in [0.29, 0.717) is 12.5 Å². The third kappa shape index (κ3) is 5.90. The van der Waals surface area contributed by atoms with Gasteiger partial charge >= 0.3 is 0 Å². The molecule has 1 aromatic carbocycles. The van der Waals surface area contributed by atoms with Crippen LogP contribution in [0.4, 0.5) is 0 Å². The molecule has 1 aromatic heterocycles. The van der Waals surface area contributed by atoms with E-state index in [2.05, 4.69) is 40.4 Å². The van der Waals surface area contributed by atoms with Crippen LogP contribution in [0.15, 0.2) is 35.5 Å². The van der Waals surface area contributed by atoms with Gasteiger partial charge in [-0.15, -0.1) is 0 Å². The molecule has 0 fully saturated rings. The molecule has 2 aromatic rings. The molecule has 0 aliphatic rings. The summed E-state index contributed by atoms with van der Waals surface area (Å²) in [5.41, 5.74) is 2.34. The molecule has 0 bridgehead atoms. The van der Waals surface area contributed by atoms with Crippen LogP contribution >= 0.6 is 0 Å². The van der Waals surface area contributed by atoms with Crippen LogP contribution in [0, 0.1) is 0 Å². The van der Waals surface area contributed by atoms with Crippen molar-refractivity contribution in [3.8, 4) is 11.5 Å². The van der Waals surface area contributed by atoms with Gasteiger partial charge in [0.2, 0.25) is 0 Å².